The third kappa shape index (κ3) is 6.95. The number of aliphatic hydroxyl groups is 1. The fourth-order valence-corrected chi connectivity index (χ4v) is 3.46. The van der Waals surface area contributed by atoms with Crippen LogP contribution in [0.3, 0.4) is 0 Å². The SMILES string of the molecule is COc1ccc(CNCc2ccc(F)cc2)cc1OCC(O)CN1CCN(C)CC1. The number of ether oxygens (including phenoxy) is 2. The monoisotopic (exact) mass is 417 g/mol. The van der Waals surface area contributed by atoms with Crippen molar-refractivity contribution in [3.63, 3.8) is 0 Å². The van der Waals surface area contributed by atoms with Crippen molar-refractivity contribution in [2.75, 3.05) is 53.5 Å². The topological polar surface area (TPSA) is 57.2 Å². The molecule has 1 atom stereocenters. The lowest BCUT2D eigenvalue weighted by atomic mass is 10.2. The molecule has 0 spiro atoms. The molecule has 0 aromatic heterocycles. The van der Waals surface area contributed by atoms with Gasteiger partial charge in [-0.15, -0.1) is 0 Å². The van der Waals surface area contributed by atoms with Crippen molar-refractivity contribution in [1.29, 1.82) is 0 Å². The van der Waals surface area contributed by atoms with Gasteiger partial charge in [0.1, 0.15) is 18.5 Å². The molecular weight excluding hydrogens is 385 g/mol. The number of benzene rings is 2. The van der Waals surface area contributed by atoms with E-state index in [-0.39, 0.29) is 12.4 Å². The van der Waals surface area contributed by atoms with Gasteiger partial charge in [0.05, 0.1) is 7.11 Å². The van der Waals surface area contributed by atoms with Gasteiger partial charge in [-0.2, -0.15) is 0 Å². The lowest BCUT2D eigenvalue weighted by Crippen LogP contribution is -2.47. The van der Waals surface area contributed by atoms with Crippen LogP contribution in [0.5, 0.6) is 11.5 Å². The maximum Gasteiger partial charge on any atom is 0.161 e. The summed E-state index contributed by atoms with van der Waals surface area (Å²) in [4.78, 5) is 4.56. The van der Waals surface area contributed by atoms with Crippen molar-refractivity contribution < 1.29 is 19.0 Å². The second-order valence-corrected chi connectivity index (χ2v) is 7.78. The Morgan fingerprint density at radius 3 is 2.37 bits per heavy atom. The fourth-order valence-electron chi connectivity index (χ4n) is 3.46. The Bertz CT molecular complexity index is 780. The van der Waals surface area contributed by atoms with Crippen LogP contribution in [0.4, 0.5) is 4.39 Å². The molecule has 2 aromatic carbocycles. The van der Waals surface area contributed by atoms with E-state index in [0.717, 1.165) is 37.3 Å². The first-order chi connectivity index (χ1) is 14.5. The molecule has 1 aliphatic heterocycles. The molecule has 1 heterocycles. The number of aliphatic hydroxyl groups excluding tert-OH is 1. The fraction of sp³-hybridized carbons (Fsp3) is 0.478. The third-order valence-corrected chi connectivity index (χ3v) is 5.30. The van der Waals surface area contributed by atoms with E-state index in [1.54, 1.807) is 19.2 Å². The Morgan fingerprint density at radius 1 is 1.00 bits per heavy atom. The second kappa shape index (κ2) is 11.3. The first-order valence-electron chi connectivity index (χ1n) is 10.4. The molecule has 164 valence electrons. The number of piperazine rings is 1. The Morgan fingerprint density at radius 2 is 1.67 bits per heavy atom. The van der Waals surface area contributed by atoms with E-state index in [9.17, 15) is 9.50 Å². The highest BCUT2D eigenvalue weighted by molar-refractivity contribution is 5.43. The Labute approximate surface area is 178 Å². The summed E-state index contributed by atoms with van der Waals surface area (Å²) >= 11 is 0. The lowest BCUT2D eigenvalue weighted by Gasteiger charge is -2.33. The van der Waals surface area contributed by atoms with Crippen molar-refractivity contribution in [3.8, 4) is 11.5 Å². The van der Waals surface area contributed by atoms with Crippen LogP contribution in [-0.4, -0.2) is 74.5 Å². The van der Waals surface area contributed by atoms with E-state index in [2.05, 4.69) is 22.2 Å². The van der Waals surface area contributed by atoms with Gasteiger partial charge in [-0.05, 0) is 42.4 Å². The molecular formula is C23H32FN3O3. The van der Waals surface area contributed by atoms with Crippen LogP contribution in [0.1, 0.15) is 11.1 Å². The summed E-state index contributed by atoms with van der Waals surface area (Å²) in [5, 5.41) is 13.7. The van der Waals surface area contributed by atoms with Crippen LogP contribution in [0.15, 0.2) is 42.5 Å². The van der Waals surface area contributed by atoms with Crippen molar-refractivity contribution in [1.82, 2.24) is 15.1 Å². The van der Waals surface area contributed by atoms with E-state index in [0.29, 0.717) is 31.1 Å². The molecule has 0 amide bonds. The summed E-state index contributed by atoms with van der Waals surface area (Å²) in [5.74, 6) is 1.03. The molecule has 1 aliphatic rings. The average molecular weight is 418 g/mol. The molecule has 0 aliphatic carbocycles. The molecule has 0 saturated carbocycles. The number of hydrogen-bond acceptors (Lipinski definition) is 6. The predicted molar refractivity (Wildman–Crippen MR) is 115 cm³/mol. The highest BCUT2D eigenvalue weighted by Gasteiger charge is 2.18. The van der Waals surface area contributed by atoms with Gasteiger partial charge < -0.3 is 24.8 Å². The number of hydrogen-bond donors (Lipinski definition) is 2. The van der Waals surface area contributed by atoms with Gasteiger partial charge in [-0.3, -0.25) is 4.90 Å². The summed E-state index contributed by atoms with van der Waals surface area (Å²) in [6.07, 6.45) is -0.557. The first-order valence-corrected chi connectivity index (χ1v) is 10.4. The minimum Gasteiger partial charge on any atom is -0.493 e. The molecule has 1 saturated heterocycles. The molecule has 1 unspecified atom stereocenters. The highest BCUT2D eigenvalue weighted by Crippen LogP contribution is 2.28. The Kier molecular flexibility index (Phi) is 8.45. The zero-order chi connectivity index (χ0) is 21.3. The van der Waals surface area contributed by atoms with E-state index in [1.165, 1.54) is 12.1 Å². The van der Waals surface area contributed by atoms with Crippen LogP contribution in [-0.2, 0) is 13.1 Å². The number of halogens is 1. The summed E-state index contributed by atoms with van der Waals surface area (Å²) in [6, 6.07) is 12.2. The van der Waals surface area contributed by atoms with Crippen LogP contribution < -0.4 is 14.8 Å². The normalized spacial score (nSPS) is 16.4. The summed E-state index contributed by atoms with van der Waals surface area (Å²) in [6.45, 7) is 6.08. The minimum absolute atomic E-state index is 0.217. The standard InChI is InChI=1S/C23H32FN3O3/c1-26-9-11-27(12-10-26)16-21(28)17-30-23-13-19(5-8-22(23)29-2)15-25-14-18-3-6-20(24)7-4-18/h3-8,13,21,25,28H,9-12,14-17H2,1-2H3. The van der Waals surface area contributed by atoms with Crippen LogP contribution in [0.2, 0.25) is 0 Å². The Balaban J connectivity index is 1.49. The second-order valence-electron chi connectivity index (χ2n) is 7.78. The van der Waals surface area contributed by atoms with Crippen molar-refractivity contribution in [2.45, 2.75) is 19.2 Å². The van der Waals surface area contributed by atoms with Gasteiger partial charge in [0.25, 0.3) is 0 Å². The van der Waals surface area contributed by atoms with Crippen LogP contribution in [0, 0.1) is 5.82 Å². The van der Waals surface area contributed by atoms with Gasteiger partial charge in [-0.1, -0.05) is 18.2 Å². The molecule has 0 radical (unpaired) electrons. The van der Waals surface area contributed by atoms with Crippen molar-refractivity contribution in [3.05, 3.63) is 59.4 Å². The van der Waals surface area contributed by atoms with Gasteiger partial charge in [0, 0.05) is 45.8 Å². The molecule has 1 fully saturated rings. The largest absolute Gasteiger partial charge is 0.493 e. The molecule has 2 aromatic rings. The van der Waals surface area contributed by atoms with E-state index < -0.39 is 6.10 Å². The molecule has 6 nitrogen and oxygen atoms in total. The van der Waals surface area contributed by atoms with Gasteiger partial charge >= 0.3 is 0 Å². The lowest BCUT2D eigenvalue weighted by molar-refractivity contribution is 0.0498. The molecule has 0 bridgehead atoms. The highest BCUT2D eigenvalue weighted by atomic mass is 19.1. The van der Waals surface area contributed by atoms with Crippen molar-refractivity contribution >= 4 is 0 Å². The number of nitrogens with zero attached hydrogens (tertiary/aromatic N) is 2. The number of methoxy groups -OCH3 is 1. The van der Waals surface area contributed by atoms with E-state index >= 15 is 0 Å². The minimum atomic E-state index is -0.557. The zero-order valence-electron chi connectivity index (χ0n) is 17.8. The number of rotatable bonds is 10. The maximum atomic E-state index is 13.0. The summed E-state index contributed by atoms with van der Waals surface area (Å²) < 4.78 is 24.3. The Hall–Kier alpha value is -2.19. The van der Waals surface area contributed by atoms with Gasteiger partial charge in [0.15, 0.2) is 11.5 Å². The average Bonchev–Trinajstić information content (AvgIpc) is 2.75. The molecule has 3 rings (SSSR count). The third-order valence-electron chi connectivity index (χ3n) is 5.30. The first kappa shape index (κ1) is 22.5. The molecule has 2 N–H and O–H groups in total. The van der Waals surface area contributed by atoms with E-state index in [4.69, 9.17) is 9.47 Å². The van der Waals surface area contributed by atoms with Crippen molar-refractivity contribution in [2.24, 2.45) is 0 Å². The number of β-amino-alcohol motifs (C(OH)–C–C–N with tert-alkyl or cyclic N) is 1. The smallest absolute Gasteiger partial charge is 0.161 e. The van der Waals surface area contributed by atoms with Gasteiger partial charge in [-0.25, -0.2) is 4.39 Å². The maximum absolute atomic E-state index is 13.0. The van der Waals surface area contributed by atoms with Crippen LogP contribution in [0.25, 0.3) is 0 Å². The predicted octanol–water partition coefficient (Wildman–Crippen LogP) is 2.11. The molecule has 7 heteroatoms. The van der Waals surface area contributed by atoms with Crippen LogP contribution >= 0.6 is 0 Å². The number of nitrogens with one attached hydrogen (secondary N) is 1. The zero-order valence-corrected chi connectivity index (χ0v) is 17.8. The summed E-state index contributed by atoms with van der Waals surface area (Å²) in [5.41, 5.74) is 2.06. The van der Waals surface area contributed by atoms with E-state index in [1.807, 2.05) is 18.2 Å². The summed E-state index contributed by atoms with van der Waals surface area (Å²) in [7, 11) is 3.72. The quantitative estimate of drug-likeness (QED) is 0.618. The molecule has 30 heavy (non-hydrogen) atoms. The van der Waals surface area contributed by atoms with Gasteiger partial charge in [0.2, 0.25) is 0 Å². The number of likely N-dealkylation sites (N-methyl/N-ethyl adjacent to an activating group) is 1.